The molecule has 1 heterocycles. The molecule has 0 aliphatic rings. The van der Waals surface area contributed by atoms with Crippen molar-refractivity contribution in [3.8, 4) is 0 Å². The normalized spacial score (nSPS) is 10.5. The van der Waals surface area contributed by atoms with Crippen molar-refractivity contribution in [2.24, 2.45) is 0 Å². The van der Waals surface area contributed by atoms with Gasteiger partial charge in [0, 0.05) is 17.4 Å². The summed E-state index contributed by atoms with van der Waals surface area (Å²) in [5, 5.41) is 6.07. The molecular formula is C17H13ClF2N4. The molecule has 0 radical (unpaired) electrons. The highest BCUT2D eigenvalue weighted by Crippen LogP contribution is 2.24. The topological polar surface area (TPSA) is 49.8 Å². The summed E-state index contributed by atoms with van der Waals surface area (Å²) in [6.07, 6.45) is 0. The van der Waals surface area contributed by atoms with Gasteiger partial charge in [0.15, 0.2) is 0 Å². The van der Waals surface area contributed by atoms with Gasteiger partial charge in [0.1, 0.15) is 29.1 Å². The van der Waals surface area contributed by atoms with Gasteiger partial charge in [0.25, 0.3) is 0 Å². The summed E-state index contributed by atoms with van der Waals surface area (Å²) in [7, 11) is 0. The number of aromatic nitrogens is 2. The average molecular weight is 347 g/mol. The van der Waals surface area contributed by atoms with E-state index < -0.39 is 5.82 Å². The van der Waals surface area contributed by atoms with Crippen LogP contribution in [0.2, 0.25) is 5.02 Å². The first-order valence-corrected chi connectivity index (χ1v) is 7.48. The van der Waals surface area contributed by atoms with Crippen LogP contribution in [0.1, 0.15) is 5.82 Å². The van der Waals surface area contributed by atoms with Crippen LogP contribution in [0.15, 0.2) is 48.5 Å². The van der Waals surface area contributed by atoms with Crippen LogP contribution in [0.3, 0.4) is 0 Å². The molecule has 0 unspecified atom stereocenters. The van der Waals surface area contributed by atoms with E-state index in [2.05, 4.69) is 20.6 Å². The predicted octanol–water partition coefficient (Wildman–Crippen LogP) is 5.20. The third-order valence-corrected chi connectivity index (χ3v) is 3.42. The Morgan fingerprint density at radius 1 is 0.875 bits per heavy atom. The molecule has 0 bridgehead atoms. The molecular weight excluding hydrogens is 334 g/mol. The van der Waals surface area contributed by atoms with Crippen LogP contribution in [-0.2, 0) is 0 Å². The van der Waals surface area contributed by atoms with Crippen LogP contribution in [0.25, 0.3) is 0 Å². The van der Waals surface area contributed by atoms with Crippen molar-refractivity contribution in [2.45, 2.75) is 6.92 Å². The summed E-state index contributed by atoms with van der Waals surface area (Å²) in [5.74, 6) is 0.694. The molecule has 4 nitrogen and oxygen atoms in total. The number of hydrogen-bond acceptors (Lipinski definition) is 4. The number of hydrogen-bond donors (Lipinski definition) is 2. The fourth-order valence-electron chi connectivity index (χ4n) is 2.13. The van der Waals surface area contributed by atoms with Gasteiger partial charge < -0.3 is 10.6 Å². The van der Waals surface area contributed by atoms with Gasteiger partial charge in [-0.2, -0.15) is 0 Å². The van der Waals surface area contributed by atoms with Crippen LogP contribution in [0.4, 0.5) is 31.8 Å². The zero-order valence-corrected chi connectivity index (χ0v) is 13.4. The summed E-state index contributed by atoms with van der Waals surface area (Å²) < 4.78 is 26.5. The molecule has 1 aromatic heterocycles. The van der Waals surface area contributed by atoms with Gasteiger partial charge in [-0.1, -0.05) is 17.7 Å². The lowest BCUT2D eigenvalue weighted by molar-refractivity contribution is 0.628. The van der Waals surface area contributed by atoms with Gasteiger partial charge in [0.2, 0.25) is 0 Å². The van der Waals surface area contributed by atoms with Crippen LogP contribution < -0.4 is 10.6 Å². The Bertz CT molecular complexity index is 886. The van der Waals surface area contributed by atoms with Gasteiger partial charge in [-0.05, 0) is 43.3 Å². The summed E-state index contributed by atoms with van der Waals surface area (Å²) in [6.45, 7) is 1.74. The molecule has 122 valence electrons. The van der Waals surface area contributed by atoms with E-state index >= 15 is 0 Å². The Morgan fingerprint density at radius 2 is 1.54 bits per heavy atom. The number of aryl methyl sites for hydroxylation is 1. The van der Waals surface area contributed by atoms with Crippen molar-refractivity contribution >= 4 is 34.6 Å². The first-order valence-electron chi connectivity index (χ1n) is 7.10. The smallest absolute Gasteiger partial charge is 0.141 e. The molecule has 7 heteroatoms. The first-order chi connectivity index (χ1) is 11.5. The Balaban J connectivity index is 1.84. The van der Waals surface area contributed by atoms with E-state index in [-0.39, 0.29) is 10.8 Å². The molecule has 2 aromatic carbocycles. The van der Waals surface area contributed by atoms with Crippen molar-refractivity contribution in [1.29, 1.82) is 0 Å². The zero-order chi connectivity index (χ0) is 17.1. The van der Waals surface area contributed by atoms with Crippen LogP contribution >= 0.6 is 11.6 Å². The van der Waals surface area contributed by atoms with Gasteiger partial charge in [-0.3, -0.25) is 0 Å². The highest BCUT2D eigenvalue weighted by atomic mass is 35.5. The molecule has 0 atom stereocenters. The van der Waals surface area contributed by atoms with Gasteiger partial charge in [-0.15, -0.1) is 0 Å². The second-order valence-corrected chi connectivity index (χ2v) is 5.48. The first kappa shape index (κ1) is 16.1. The lowest BCUT2D eigenvalue weighted by Crippen LogP contribution is -2.01. The van der Waals surface area contributed by atoms with Crippen molar-refractivity contribution in [3.63, 3.8) is 0 Å². The fourth-order valence-corrected chi connectivity index (χ4v) is 2.31. The number of nitrogens with one attached hydrogen (secondary N) is 2. The molecule has 0 amide bonds. The molecule has 0 aliphatic carbocycles. The minimum atomic E-state index is -0.491. The maximum absolute atomic E-state index is 13.3. The van der Waals surface area contributed by atoms with E-state index in [1.54, 1.807) is 31.2 Å². The van der Waals surface area contributed by atoms with E-state index in [9.17, 15) is 8.78 Å². The lowest BCUT2D eigenvalue weighted by Gasteiger charge is -2.10. The van der Waals surface area contributed by atoms with E-state index in [0.717, 1.165) is 0 Å². The van der Waals surface area contributed by atoms with E-state index in [1.807, 2.05) is 0 Å². The SMILES string of the molecule is Cc1nc(Nc2cccc(F)c2)cc(Nc2ccc(F)c(Cl)c2)n1. The number of rotatable bonds is 4. The molecule has 2 N–H and O–H groups in total. The lowest BCUT2D eigenvalue weighted by atomic mass is 10.3. The van der Waals surface area contributed by atoms with Crippen molar-refractivity contribution in [3.05, 3.63) is 71.0 Å². The number of benzene rings is 2. The molecule has 24 heavy (non-hydrogen) atoms. The summed E-state index contributed by atoms with van der Waals surface area (Å²) in [6, 6.07) is 12.0. The highest BCUT2D eigenvalue weighted by Gasteiger charge is 2.06. The second-order valence-electron chi connectivity index (χ2n) is 5.07. The molecule has 0 fully saturated rings. The summed E-state index contributed by atoms with van der Waals surface area (Å²) in [4.78, 5) is 8.53. The Morgan fingerprint density at radius 3 is 2.17 bits per heavy atom. The van der Waals surface area contributed by atoms with Crippen molar-refractivity contribution < 1.29 is 8.78 Å². The van der Waals surface area contributed by atoms with Crippen molar-refractivity contribution in [1.82, 2.24) is 9.97 Å². The van der Waals surface area contributed by atoms with Crippen LogP contribution in [-0.4, -0.2) is 9.97 Å². The largest absolute Gasteiger partial charge is 0.340 e. The Labute approximate surface area is 142 Å². The third-order valence-electron chi connectivity index (χ3n) is 3.13. The highest BCUT2D eigenvalue weighted by molar-refractivity contribution is 6.31. The quantitative estimate of drug-likeness (QED) is 0.681. The Hall–Kier alpha value is -2.73. The van der Waals surface area contributed by atoms with Crippen LogP contribution in [0.5, 0.6) is 0 Å². The summed E-state index contributed by atoms with van der Waals surface area (Å²) >= 11 is 5.77. The Kier molecular flexibility index (Phi) is 4.57. The maximum Gasteiger partial charge on any atom is 0.141 e. The number of anilines is 4. The average Bonchev–Trinajstić information content (AvgIpc) is 2.50. The molecule has 3 aromatic rings. The summed E-state index contributed by atoms with van der Waals surface area (Å²) in [5.41, 5.74) is 1.17. The van der Waals surface area contributed by atoms with Crippen LogP contribution in [0, 0.1) is 18.6 Å². The van der Waals surface area contributed by atoms with Gasteiger partial charge in [-0.25, -0.2) is 18.7 Å². The fraction of sp³-hybridized carbons (Fsp3) is 0.0588. The standard InChI is InChI=1S/C17H13ClF2N4/c1-10-21-16(23-12-4-2-3-11(19)7-12)9-17(22-10)24-13-5-6-15(20)14(18)8-13/h2-9H,1H3,(H2,21,22,23,24). The predicted molar refractivity (Wildman–Crippen MR) is 91.1 cm³/mol. The zero-order valence-electron chi connectivity index (χ0n) is 12.6. The molecule has 0 saturated heterocycles. The minimum Gasteiger partial charge on any atom is -0.340 e. The second kappa shape index (κ2) is 6.80. The van der Waals surface area contributed by atoms with E-state index in [0.29, 0.717) is 28.8 Å². The van der Waals surface area contributed by atoms with Gasteiger partial charge >= 0.3 is 0 Å². The molecule has 0 spiro atoms. The molecule has 0 aliphatic heterocycles. The van der Waals surface area contributed by atoms with Gasteiger partial charge in [0.05, 0.1) is 5.02 Å². The number of nitrogens with zero attached hydrogens (tertiary/aromatic N) is 2. The number of halogens is 3. The molecule has 0 saturated carbocycles. The van der Waals surface area contributed by atoms with Crippen molar-refractivity contribution in [2.75, 3.05) is 10.6 Å². The molecule has 3 rings (SSSR count). The monoisotopic (exact) mass is 346 g/mol. The third kappa shape index (κ3) is 3.97. The minimum absolute atomic E-state index is 0.0175. The van der Waals surface area contributed by atoms with E-state index in [1.165, 1.54) is 24.3 Å². The maximum atomic E-state index is 13.3. The van der Waals surface area contributed by atoms with E-state index in [4.69, 9.17) is 11.6 Å².